The van der Waals surface area contributed by atoms with E-state index in [-0.39, 0.29) is 0 Å². The van der Waals surface area contributed by atoms with E-state index in [4.69, 9.17) is 0 Å². The van der Waals surface area contributed by atoms with Crippen molar-refractivity contribution in [3.05, 3.63) is 65.2 Å². The number of pyridine rings is 1. The average Bonchev–Trinajstić information content (AvgIpc) is 3.23. The molecular weight excluding hydrogens is 294 g/mol. The van der Waals surface area contributed by atoms with Gasteiger partial charge < -0.3 is 5.32 Å². The lowest BCUT2D eigenvalue weighted by molar-refractivity contribution is 0.931. The minimum absolute atomic E-state index is 0.765. The number of anilines is 1. The summed E-state index contributed by atoms with van der Waals surface area (Å²) in [4.78, 5) is 8.45. The highest BCUT2D eigenvalue weighted by Crippen LogP contribution is 2.20. The van der Waals surface area contributed by atoms with Crippen LogP contribution in [0.3, 0.4) is 0 Å². The van der Waals surface area contributed by atoms with Gasteiger partial charge in [-0.25, -0.2) is 9.50 Å². The van der Waals surface area contributed by atoms with Gasteiger partial charge in [-0.1, -0.05) is 0 Å². The molecule has 0 aliphatic carbocycles. The number of rotatable bonds is 4. The van der Waals surface area contributed by atoms with E-state index in [1.165, 1.54) is 5.56 Å². The van der Waals surface area contributed by atoms with Crippen molar-refractivity contribution in [1.82, 2.24) is 19.6 Å². The summed E-state index contributed by atoms with van der Waals surface area (Å²) in [5.41, 5.74) is 4.08. The minimum atomic E-state index is 0.765. The van der Waals surface area contributed by atoms with Gasteiger partial charge in [0.05, 0.1) is 11.9 Å². The maximum absolute atomic E-state index is 4.64. The molecule has 0 amide bonds. The second-order valence-electron chi connectivity index (χ2n) is 4.85. The first-order valence-electron chi connectivity index (χ1n) is 6.90. The Labute approximate surface area is 131 Å². The van der Waals surface area contributed by atoms with E-state index in [2.05, 4.69) is 37.2 Å². The maximum atomic E-state index is 4.64. The van der Waals surface area contributed by atoms with Crippen molar-refractivity contribution in [2.45, 2.75) is 6.54 Å². The molecule has 0 aromatic carbocycles. The fourth-order valence-corrected chi connectivity index (χ4v) is 2.94. The SMILES string of the molecule is c1cc(-c2cnc3ccc(NCc4ccsc4)nn23)ccn1. The number of aromatic nitrogens is 4. The number of thiophene rings is 1. The number of hydrogen-bond acceptors (Lipinski definition) is 5. The molecule has 4 rings (SSSR count). The second kappa shape index (κ2) is 5.57. The molecule has 4 aromatic rings. The number of hydrogen-bond donors (Lipinski definition) is 1. The molecule has 4 aromatic heterocycles. The molecule has 0 bridgehead atoms. The molecule has 0 saturated heterocycles. The van der Waals surface area contributed by atoms with Crippen LogP contribution in [0.2, 0.25) is 0 Å². The zero-order valence-corrected chi connectivity index (χ0v) is 12.5. The lowest BCUT2D eigenvalue weighted by Gasteiger charge is -2.06. The monoisotopic (exact) mass is 307 g/mol. The molecule has 0 saturated carbocycles. The molecule has 0 atom stereocenters. The standard InChI is InChI=1S/C16H13N5S/c1-2-16-19-10-14(13-3-6-17-7-4-13)21(16)20-15(1)18-9-12-5-8-22-11-12/h1-8,10-11H,9H2,(H,18,20). The molecule has 108 valence electrons. The topological polar surface area (TPSA) is 55.1 Å². The molecule has 0 radical (unpaired) electrons. The Morgan fingerprint density at radius 1 is 1.09 bits per heavy atom. The largest absolute Gasteiger partial charge is 0.365 e. The zero-order valence-electron chi connectivity index (χ0n) is 11.7. The van der Waals surface area contributed by atoms with Crippen LogP contribution < -0.4 is 5.32 Å². The van der Waals surface area contributed by atoms with Gasteiger partial charge in [-0.05, 0) is 46.7 Å². The van der Waals surface area contributed by atoms with Crippen molar-refractivity contribution in [2.75, 3.05) is 5.32 Å². The second-order valence-corrected chi connectivity index (χ2v) is 5.63. The predicted molar refractivity (Wildman–Crippen MR) is 87.9 cm³/mol. The van der Waals surface area contributed by atoms with E-state index in [1.54, 1.807) is 23.7 Å². The Hall–Kier alpha value is -2.73. The molecule has 0 unspecified atom stereocenters. The van der Waals surface area contributed by atoms with Crippen molar-refractivity contribution >= 4 is 22.8 Å². The molecule has 5 nitrogen and oxygen atoms in total. The smallest absolute Gasteiger partial charge is 0.154 e. The Morgan fingerprint density at radius 3 is 2.82 bits per heavy atom. The van der Waals surface area contributed by atoms with Crippen LogP contribution in [0.4, 0.5) is 5.82 Å². The summed E-state index contributed by atoms with van der Waals surface area (Å²) >= 11 is 1.70. The van der Waals surface area contributed by atoms with Gasteiger partial charge in [0.15, 0.2) is 5.65 Å². The highest BCUT2D eigenvalue weighted by molar-refractivity contribution is 7.07. The third-order valence-electron chi connectivity index (χ3n) is 3.39. The van der Waals surface area contributed by atoms with E-state index in [0.717, 1.165) is 29.3 Å². The normalized spacial score (nSPS) is 10.9. The van der Waals surface area contributed by atoms with Crippen molar-refractivity contribution < 1.29 is 0 Å². The molecule has 4 heterocycles. The first-order valence-corrected chi connectivity index (χ1v) is 7.84. The van der Waals surface area contributed by atoms with Crippen LogP contribution in [-0.4, -0.2) is 19.6 Å². The van der Waals surface area contributed by atoms with Crippen molar-refractivity contribution in [1.29, 1.82) is 0 Å². The summed E-state index contributed by atoms with van der Waals surface area (Å²) in [6.45, 7) is 0.765. The molecule has 0 aliphatic heterocycles. The lowest BCUT2D eigenvalue weighted by atomic mass is 10.2. The first-order chi connectivity index (χ1) is 10.9. The van der Waals surface area contributed by atoms with Crippen LogP contribution in [-0.2, 0) is 6.54 Å². The fourth-order valence-electron chi connectivity index (χ4n) is 2.27. The van der Waals surface area contributed by atoms with Crippen molar-refractivity contribution in [3.8, 4) is 11.3 Å². The maximum Gasteiger partial charge on any atom is 0.154 e. The number of fused-ring (bicyclic) bond motifs is 1. The van der Waals surface area contributed by atoms with E-state index in [1.807, 2.05) is 35.0 Å². The van der Waals surface area contributed by atoms with Gasteiger partial charge in [0, 0.05) is 24.5 Å². The predicted octanol–water partition coefficient (Wildman–Crippen LogP) is 3.46. The van der Waals surface area contributed by atoms with Gasteiger partial charge in [0.25, 0.3) is 0 Å². The van der Waals surface area contributed by atoms with Crippen LogP contribution in [0.5, 0.6) is 0 Å². The van der Waals surface area contributed by atoms with Gasteiger partial charge in [0.2, 0.25) is 0 Å². The fraction of sp³-hybridized carbons (Fsp3) is 0.0625. The molecule has 6 heteroatoms. The molecule has 22 heavy (non-hydrogen) atoms. The van der Waals surface area contributed by atoms with Gasteiger partial charge >= 0.3 is 0 Å². The zero-order chi connectivity index (χ0) is 14.8. The summed E-state index contributed by atoms with van der Waals surface area (Å²) < 4.78 is 1.85. The molecular formula is C16H13N5S. The van der Waals surface area contributed by atoms with E-state index < -0.39 is 0 Å². The van der Waals surface area contributed by atoms with Crippen LogP contribution in [0.1, 0.15) is 5.56 Å². The Morgan fingerprint density at radius 2 is 2.00 bits per heavy atom. The average molecular weight is 307 g/mol. The molecule has 0 fully saturated rings. The van der Waals surface area contributed by atoms with E-state index in [0.29, 0.717) is 0 Å². The number of nitrogens with one attached hydrogen (secondary N) is 1. The van der Waals surface area contributed by atoms with Crippen molar-refractivity contribution in [2.24, 2.45) is 0 Å². The number of nitrogens with zero attached hydrogens (tertiary/aromatic N) is 4. The molecule has 0 spiro atoms. The molecule has 0 aliphatic rings. The third-order valence-corrected chi connectivity index (χ3v) is 4.12. The first kappa shape index (κ1) is 13.0. The Bertz CT molecular complexity index is 883. The van der Waals surface area contributed by atoms with Crippen LogP contribution in [0.15, 0.2) is 59.7 Å². The minimum Gasteiger partial charge on any atom is -0.365 e. The lowest BCUT2D eigenvalue weighted by Crippen LogP contribution is -2.04. The van der Waals surface area contributed by atoms with Gasteiger partial charge in [-0.15, -0.1) is 5.10 Å². The quantitative estimate of drug-likeness (QED) is 0.627. The molecule has 1 N–H and O–H groups in total. The van der Waals surface area contributed by atoms with Gasteiger partial charge in [-0.2, -0.15) is 11.3 Å². The Balaban J connectivity index is 1.67. The third kappa shape index (κ3) is 2.44. The summed E-state index contributed by atoms with van der Waals surface area (Å²) in [5.74, 6) is 0.826. The highest BCUT2D eigenvalue weighted by atomic mass is 32.1. The van der Waals surface area contributed by atoms with Crippen LogP contribution >= 0.6 is 11.3 Å². The summed E-state index contributed by atoms with van der Waals surface area (Å²) in [7, 11) is 0. The summed E-state index contributed by atoms with van der Waals surface area (Å²) in [6, 6.07) is 9.93. The van der Waals surface area contributed by atoms with Crippen LogP contribution in [0, 0.1) is 0 Å². The highest BCUT2D eigenvalue weighted by Gasteiger charge is 2.07. The van der Waals surface area contributed by atoms with Gasteiger partial charge in [-0.3, -0.25) is 4.98 Å². The Kier molecular flexibility index (Phi) is 3.29. The van der Waals surface area contributed by atoms with Gasteiger partial charge in [0.1, 0.15) is 5.82 Å². The summed E-state index contributed by atoms with van der Waals surface area (Å²) in [5, 5.41) is 12.2. The summed E-state index contributed by atoms with van der Waals surface area (Å²) in [6.07, 6.45) is 5.38. The van der Waals surface area contributed by atoms with Crippen LogP contribution in [0.25, 0.3) is 16.9 Å². The van der Waals surface area contributed by atoms with E-state index >= 15 is 0 Å². The van der Waals surface area contributed by atoms with E-state index in [9.17, 15) is 0 Å². The number of imidazole rings is 1. The van der Waals surface area contributed by atoms with Crippen molar-refractivity contribution in [3.63, 3.8) is 0 Å².